The maximum Gasteiger partial charge on any atom is 0.318 e. The zero-order valence-electron chi connectivity index (χ0n) is 18.7. The van der Waals surface area contributed by atoms with Crippen LogP contribution in [0.4, 0.5) is 4.79 Å². The lowest BCUT2D eigenvalue weighted by Crippen LogP contribution is -2.48. The molecule has 2 N–H and O–H groups in total. The SMILES string of the molecule is COc1ccc(CNC(=O)N2C3C=C(c4cccc(-c5cccc(O)c5)c4)CC2CC3)cc1. The molecule has 1 saturated heterocycles. The number of fused-ring (bicyclic) bond motifs is 2. The third-order valence-corrected chi connectivity index (χ3v) is 6.65. The van der Waals surface area contributed by atoms with Crippen LogP contribution in [0, 0.1) is 0 Å². The van der Waals surface area contributed by atoms with Crippen molar-refractivity contribution in [3.63, 3.8) is 0 Å². The fourth-order valence-electron chi connectivity index (χ4n) is 4.96. The molecule has 2 atom stereocenters. The molecule has 0 radical (unpaired) electrons. The number of urea groups is 1. The second-order valence-electron chi connectivity index (χ2n) is 8.74. The Morgan fingerprint density at radius 2 is 1.73 bits per heavy atom. The summed E-state index contributed by atoms with van der Waals surface area (Å²) < 4.78 is 5.20. The third kappa shape index (κ3) is 4.44. The Bertz CT molecular complexity index is 1190. The lowest BCUT2D eigenvalue weighted by molar-refractivity contribution is 0.179. The Balaban J connectivity index is 1.29. The van der Waals surface area contributed by atoms with Gasteiger partial charge in [-0.1, -0.05) is 48.5 Å². The molecule has 5 rings (SSSR count). The van der Waals surface area contributed by atoms with Crippen molar-refractivity contribution >= 4 is 11.6 Å². The summed E-state index contributed by atoms with van der Waals surface area (Å²) in [6.45, 7) is 0.501. The van der Waals surface area contributed by atoms with E-state index in [1.165, 1.54) is 11.1 Å². The van der Waals surface area contributed by atoms with E-state index in [1.807, 2.05) is 41.3 Å². The molecule has 168 valence electrons. The number of amides is 2. The summed E-state index contributed by atoms with van der Waals surface area (Å²) in [6, 6.07) is 23.9. The zero-order chi connectivity index (χ0) is 22.8. The molecule has 0 spiro atoms. The number of phenolic OH excluding ortho intramolecular Hbond substituents is 1. The van der Waals surface area contributed by atoms with E-state index >= 15 is 0 Å². The molecule has 0 aromatic heterocycles. The van der Waals surface area contributed by atoms with Crippen LogP contribution in [0.3, 0.4) is 0 Å². The number of methoxy groups -OCH3 is 1. The van der Waals surface area contributed by atoms with Gasteiger partial charge in [-0.2, -0.15) is 0 Å². The van der Waals surface area contributed by atoms with E-state index in [0.29, 0.717) is 6.54 Å². The van der Waals surface area contributed by atoms with Crippen molar-refractivity contribution in [2.45, 2.75) is 37.9 Å². The molecule has 33 heavy (non-hydrogen) atoms. The van der Waals surface area contributed by atoms with Crippen molar-refractivity contribution in [2.75, 3.05) is 7.11 Å². The highest BCUT2D eigenvalue weighted by molar-refractivity contribution is 5.80. The van der Waals surface area contributed by atoms with Crippen LogP contribution in [0.15, 0.2) is 78.9 Å². The van der Waals surface area contributed by atoms with Gasteiger partial charge in [-0.3, -0.25) is 0 Å². The molecule has 2 heterocycles. The molecule has 3 aromatic rings. The van der Waals surface area contributed by atoms with Crippen molar-refractivity contribution in [1.82, 2.24) is 10.2 Å². The van der Waals surface area contributed by atoms with Crippen LogP contribution >= 0.6 is 0 Å². The van der Waals surface area contributed by atoms with Gasteiger partial charge in [-0.25, -0.2) is 4.79 Å². The highest BCUT2D eigenvalue weighted by atomic mass is 16.5. The monoisotopic (exact) mass is 440 g/mol. The van der Waals surface area contributed by atoms with Crippen molar-refractivity contribution in [2.24, 2.45) is 0 Å². The van der Waals surface area contributed by atoms with Crippen LogP contribution in [0.1, 0.15) is 30.4 Å². The Hall–Kier alpha value is -3.73. The summed E-state index contributed by atoms with van der Waals surface area (Å²) in [4.78, 5) is 15.0. The van der Waals surface area contributed by atoms with Gasteiger partial charge in [0.05, 0.1) is 13.2 Å². The number of carbonyl (C=O) groups excluding carboxylic acids is 1. The molecule has 2 bridgehead atoms. The molecule has 3 aromatic carbocycles. The lowest BCUT2D eigenvalue weighted by atomic mass is 9.92. The van der Waals surface area contributed by atoms with Crippen molar-refractivity contribution < 1.29 is 14.6 Å². The predicted octanol–water partition coefficient (Wildman–Crippen LogP) is 5.60. The number of ether oxygens (including phenoxy) is 1. The predicted molar refractivity (Wildman–Crippen MR) is 130 cm³/mol. The molecule has 2 aliphatic rings. The number of aromatic hydroxyl groups is 1. The van der Waals surface area contributed by atoms with Crippen molar-refractivity contribution in [1.29, 1.82) is 0 Å². The van der Waals surface area contributed by atoms with Crippen molar-refractivity contribution in [3.8, 4) is 22.6 Å². The van der Waals surface area contributed by atoms with Crippen LogP contribution in [0.25, 0.3) is 16.7 Å². The first-order valence-corrected chi connectivity index (χ1v) is 11.4. The van der Waals surface area contributed by atoms with Crippen LogP contribution in [0.5, 0.6) is 11.5 Å². The van der Waals surface area contributed by atoms with Gasteiger partial charge in [0.15, 0.2) is 0 Å². The molecule has 0 saturated carbocycles. The maximum absolute atomic E-state index is 13.0. The smallest absolute Gasteiger partial charge is 0.318 e. The third-order valence-electron chi connectivity index (χ3n) is 6.65. The summed E-state index contributed by atoms with van der Waals surface area (Å²) in [5, 5.41) is 12.9. The molecule has 2 amide bonds. The van der Waals surface area contributed by atoms with E-state index in [4.69, 9.17) is 4.74 Å². The van der Waals surface area contributed by atoms with Gasteiger partial charge in [0.25, 0.3) is 0 Å². The average molecular weight is 441 g/mol. The lowest BCUT2D eigenvalue weighted by Gasteiger charge is -2.34. The zero-order valence-corrected chi connectivity index (χ0v) is 18.7. The van der Waals surface area contributed by atoms with Crippen LogP contribution in [0.2, 0.25) is 0 Å². The Kier molecular flexibility index (Phi) is 5.78. The topological polar surface area (TPSA) is 61.8 Å². The molecule has 2 aliphatic heterocycles. The standard InChI is InChI=1S/C28H28N2O3/c1-33-27-12-8-19(9-13-27)18-29-28(32)30-24-10-11-25(30)16-23(15-24)21-5-2-4-20(14-21)22-6-3-7-26(31)17-22/h2-9,12-15,17,24-25,31H,10-11,16,18H2,1H3,(H,29,32). The number of nitrogens with zero attached hydrogens (tertiary/aromatic N) is 1. The minimum Gasteiger partial charge on any atom is -0.508 e. The maximum atomic E-state index is 13.0. The molecule has 2 unspecified atom stereocenters. The average Bonchev–Trinajstić information content (AvgIpc) is 3.12. The largest absolute Gasteiger partial charge is 0.508 e. The highest BCUT2D eigenvalue weighted by Gasteiger charge is 2.39. The summed E-state index contributed by atoms with van der Waals surface area (Å²) in [5.74, 6) is 1.08. The fourth-order valence-corrected chi connectivity index (χ4v) is 4.96. The second-order valence-corrected chi connectivity index (χ2v) is 8.74. The quantitative estimate of drug-likeness (QED) is 0.543. The minimum atomic E-state index is 0.00197. The summed E-state index contributed by atoms with van der Waals surface area (Å²) in [5.41, 5.74) is 5.61. The number of hydrogen-bond donors (Lipinski definition) is 2. The molecule has 5 heteroatoms. The summed E-state index contributed by atoms with van der Waals surface area (Å²) in [6.07, 6.45) is 5.14. The van der Waals surface area contributed by atoms with Gasteiger partial charge in [-0.15, -0.1) is 0 Å². The first-order chi connectivity index (χ1) is 16.1. The van der Waals surface area contributed by atoms with Crippen molar-refractivity contribution in [3.05, 3.63) is 90.0 Å². The molecular weight excluding hydrogens is 412 g/mol. The van der Waals surface area contributed by atoms with E-state index in [-0.39, 0.29) is 23.9 Å². The van der Waals surface area contributed by atoms with E-state index in [2.05, 4.69) is 35.7 Å². The minimum absolute atomic E-state index is 0.00197. The number of benzene rings is 3. The van der Waals surface area contributed by atoms with E-state index in [1.54, 1.807) is 19.2 Å². The van der Waals surface area contributed by atoms with E-state index in [9.17, 15) is 9.90 Å². The van der Waals surface area contributed by atoms with Crippen LogP contribution in [-0.4, -0.2) is 35.2 Å². The van der Waals surface area contributed by atoms with E-state index in [0.717, 1.165) is 41.7 Å². The number of hydrogen-bond acceptors (Lipinski definition) is 3. The molecule has 1 fully saturated rings. The number of phenols is 1. The Morgan fingerprint density at radius 3 is 2.45 bits per heavy atom. The first-order valence-electron chi connectivity index (χ1n) is 11.4. The summed E-state index contributed by atoms with van der Waals surface area (Å²) in [7, 11) is 1.65. The van der Waals surface area contributed by atoms with Crippen LogP contribution in [-0.2, 0) is 6.54 Å². The normalized spacial score (nSPS) is 19.2. The number of nitrogens with one attached hydrogen (secondary N) is 1. The Labute approximate surface area is 194 Å². The second kappa shape index (κ2) is 9.02. The van der Waals surface area contributed by atoms with E-state index < -0.39 is 0 Å². The van der Waals surface area contributed by atoms with Gasteiger partial charge in [0, 0.05) is 12.6 Å². The van der Waals surface area contributed by atoms with Gasteiger partial charge in [0.1, 0.15) is 11.5 Å². The number of carbonyl (C=O) groups is 1. The summed E-state index contributed by atoms with van der Waals surface area (Å²) >= 11 is 0. The van der Waals surface area contributed by atoms with Crippen LogP contribution < -0.4 is 10.1 Å². The molecule has 5 nitrogen and oxygen atoms in total. The molecular formula is C28H28N2O3. The fraction of sp³-hybridized carbons (Fsp3) is 0.250. The highest BCUT2D eigenvalue weighted by Crippen LogP contribution is 2.39. The van der Waals surface area contributed by atoms with Gasteiger partial charge in [-0.05, 0) is 77.4 Å². The molecule has 0 aliphatic carbocycles. The van der Waals surface area contributed by atoms with Gasteiger partial charge < -0.3 is 20.1 Å². The Morgan fingerprint density at radius 1 is 1.00 bits per heavy atom. The van der Waals surface area contributed by atoms with Gasteiger partial charge >= 0.3 is 6.03 Å². The first kappa shape index (κ1) is 21.1. The van der Waals surface area contributed by atoms with Gasteiger partial charge in [0.2, 0.25) is 0 Å². The number of rotatable bonds is 5.